The van der Waals surface area contributed by atoms with Gasteiger partial charge in [0.15, 0.2) is 0 Å². The average molecular weight is 426 g/mol. The topological polar surface area (TPSA) is 81.7 Å². The Labute approximate surface area is 185 Å². The molecule has 6 heteroatoms. The zero-order chi connectivity index (χ0) is 23.2. The summed E-state index contributed by atoms with van der Waals surface area (Å²) < 4.78 is 0. The highest BCUT2D eigenvalue weighted by atomic mass is 16.4. The van der Waals surface area contributed by atoms with Crippen LogP contribution in [0.5, 0.6) is 0 Å². The molecule has 0 aliphatic rings. The van der Waals surface area contributed by atoms with Gasteiger partial charge in [0.05, 0.1) is 0 Å². The summed E-state index contributed by atoms with van der Waals surface area (Å²) >= 11 is 0. The molecule has 6 nitrogen and oxygen atoms in total. The second-order valence-electron chi connectivity index (χ2n) is 9.81. The van der Waals surface area contributed by atoms with Crippen LogP contribution < -0.4 is 10.6 Å². The molecule has 3 amide bonds. The highest BCUT2D eigenvalue weighted by molar-refractivity contribution is 5.89. The summed E-state index contributed by atoms with van der Waals surface area (Å²) in [6.45, 7) is 13.0. The van der Waals surface area contributed by atoms with Gasteiger partial charge in [0.2, 0.25) is 0 Å². The monoisotopic (exact) mass is 425 g/mol. The molecule has 31 heavy (non-hydrogen) atoms. The number of amides is 3. The van der Waals surface area contributed by atoms with Crippen molar-refractivity contribution in [2.24, 2.45) is 0 Å². The minimum atomic E-state index is -0.934. The van der Waals surface area contributed by atoms with Crippen molar-refractivity contribution in [3.63, 3.8) is 0 Å². The first-order chi connectivity index (χ1) is 14.4. The Balaban J connectivity index is 1.90. The van der Waals surface area contributed by atoms with E-state index >= 15 is 0 Å². The van der Waals surface area contributed by atoms with Crippen molar-refractivity contribution >= 4 is 17.8 Å². The molecule has 0 bridgehead atoms. The summed E-state index contributed by atoms with van der Waals surface area (Å²) in [5, 5.41) is 15.2. The molecule has 2 aromatic rings. The van der Waals surface area contributed by atoms with Gasteiger partial charge in [-0.05, 0) is 61.4 Å². The second kappa shape index (κ2) is 9.86. The maximum absolute atomic E-state index is 12.3. The number of hydrogen-bond acceptors (Lipinski definition) is 2. The van der Waals surface area contributed by atoms with Crippen LogP contribution in [0, 0.1) is 0 Å². The van der Waals surface area contributed by atoms with E-state index in [4.69, 9.17) is 0 Å². The van der Waals surface area contributed by atoms with Crippen LogP contribution in [-0.4, -0.2) is 34.2 Å². The molecule has 0 unspecified atom stereocenters. The standard InChI is InChI=1S/C25H35N3O3/c1-24(2,3)20-12-10-19(11-13-20)17-26-22(29)27-21-9-7-8-18(16-21)14-15-28(23(30)31)25(4,5)6/h7-13,16H,14-15,17H2,1-6H3,(H,30,31)(H2,26,27,29). The lowest BCUT2D eigenvalue weighted by Gasteiger charge is -2.33. The Morgan fingerprint density at radius 3 is 2.13 bits per heavy atom. The molecule has 0 aliphatic carbocycles. The molecular formula is C25H35N3O3. The van der Waals surface area contributed by atoms with Gasteiger partial charge in [-0.2, -0.15) is 0 Å². The van der Waals surface area contributed by atoms with Gasteiger partial charge in [-0.3, -0.25) is 0 Å². The van der Waals surface area contributed by atoms with Crippen LogP contribution >= 0.6 is 0 Å². The van der Waals surface area contributed by atoms with Gasteiger partial charge in [0.25, 0.3) is 0 Å². The van der Waals surface area contributed by atoms with E-state index in [2.05, 4.69) is 43.5 Å². The first-order valence-corrected chi connectivity index (χ1v) is 10.6. The van der Waals surface area contributed by atoms with Crippen LogP contribution in [0.15, 0.2) is 48.5 Å². The summed E-state index contributed by atoms with van der Waals surface area (Å²) in [4.78, 5) is 25.2. The summed E-state index contributed by atoms with van der Waals surface area (Å²) in [7, 11) is 0. The molecule has 3 N–H and O–H groups in total. The van der Waals surface area contributed by atoms with Crippen molar-refractivity contribution < 1.29 is 14.7 Å². The van der Waals surface area contributed by atoms with Crippen LogP contribution in [0.4, 0.5) is 15.3 Å². The molecule has 0 saturated carbocycles. The number of benzene rings is 2. The van der Waals surface area contributed by atoms with Gasteiger partial charge in [-0.25, -0.2) is 9.59 Å². The lowest BCUT2D eigenvalue weighted by atomic mass is 9.87. The Kier molecular flexibility index (Phi) is 7.71. The minimum absolute atomic E-state index is 0.0999. The zero-order valence-corrected chi connectivity index (χ0v) is 19.5. The van der Waals surface area contributed by atoms with Crippen molar-refractivity contribution in [2.45, 2.75) is 65.5 Å². The maximum Gasteiger partial charge on any atom is 0.407 e. The fraction of sp³-hybridized carbons (Fsp3) is 0.440. The molecule has 168 valence electrons. The van der Waals surface area contributed by atoms with E-state index < -0.39 is 11.6 Å². The van der Waals surface area contributed by atoms with Crippen molar-refractivity contribution in [1.82, 2.24) is 10.2 Å². The highest BCUT2D eigenvalue weighted by Gasteiger charge is 2.25. The molecule has 0 atom stereocenters. The van der Waals surface area contributed by atoms with Gasteiger partial charge in [0, 0.05) is 24.3 Å². The van der Waals surface area contributed by atoms with E-state index in [-0.39, 0.29) is 11.4 Å². The van der Waals surface area contributed by atoms with E-state index in [0.717, 1.165) is 11.1 Å². The minimum Gasteiger partial charge on any atom is -0.465 e. The van der Waals surface area contributed by atoms with Crippen molar-refractivity contribution in [3.05, 3.63) is 65.2 Å². The summed E-state index contributed by atoms with van der Waals surface area (Å²) in [5.41, 5.74) is 3.56. The number of carbonyl (C=O) groups excluding carboxylic acids is 1. The first kappa shape index (κ1) is 24.3. The number of carbonyl (C=O) groups is 2. The molecule has 2 rings (SSSR count). The van der Waals surface area contributed by atoms with Gasteiger partial charge in [-0.15, -0.1) is 0 Å². The van der Waals surface area contributed by atoms with Crippen molar-refractivity contribution in [2.75, 3.05) is 11.9 Å². The average Bonchev–Trinajstić information content (AvgIpc) is 2.65. The number of hydrogen-bond donors (Lipinski definition) is 3. The van der Waals surface area contributed by atoms with Gasteiger partial charge < -0.3 is 20.6 Å². The predicted molar refractivity (Wildman–Crippen MR) is 126 cm³/mol. The van der Waals surface area contributed by atoms with Gasteiger partial charge in [0.1, 0.15) is 0 Å². The fourth-order valence-electron chi connectivity index (χ4n) is 3.24. The van der Waals surface area contributed by atoms with Crippen molar-refractivity contribution in [3.8, 4) is 0 Å². The lowest BCUT2D eigenvalue weighted by Crippen LogP contribution is -2.45. The van der Waals surface area contributed by atoms with Crippen LogP contribution in [0.3, 0.4) is 0 Å². The number of rotatable bonds is 6. The molecule has 0 spiro atoms. The van der Waals surface area contributed by atoms with Crippen LogP contribution in [-0.2, 0) is 18.4 Å². The Morgan fingerprint density at radius 2 is 1.58 bits per heavy atom. The van der Waals surface area contributed by atoms with Gasteiger partial charge in [-0.1, -0.05) is 57.2 Å². The van der Waals surface area contributed by atoms with Gasteiger partial charge >= 0.3 is 12.1 Å². The lowest BCUT2D eigenvalue weighted by molar-refractivity contribution is 0.101. The summed E-state index contributed by atoms with van der Waals surface area (Å²) in [6.07, 6.45) is -0.363. The number of urea groups is 1. The molecule has 0 radical (unpaired) electrons. The van der Waals surface area contributed by atoms with E-state index in [9.17, 15) is 14.7 Å². The fourth-order valence-corrected chi connectivity index (χ4v) is 3.24. The Hall–Kier alpha value is -3.02. The Bertz CT molecular complexity index is 893. The third-order valence-electron chi connectivity index (χ3n) is 5.12. The third kappa shape index (κ3) is 7.63. The van der Waals surface area contributed by atoms with E-state index in [0.29, 0.717) is 25.2 Å². The van der Waals surface area contributed by atoms with Crippen molar-refractivity contribution in [1.29, 1.82) is 0 Å². The predicted octanol–water partition coefficient (Wildman–Crippen LogP) is 5.63. The number of carboxylic acid groups (broad SMARTS) is 1. The zero-order valence-electron chi connectivity index (χ0n) is 19.5. The Morgan fingerprint density at radius 1 is 0.935 bits per heavy atom. The van der Waals surface area contributed by atoms with Crippen LogP contribution in [0.2, 0.25) is 0 Å². The molecule has 0 aliphatic heterocycles. The van der Waals surface area contributed by atoms with Crippen LogP contribution in [0.1, 0.15) is 58.2 Å². The molecule has 0 fully saturated rings. The highest BCUT2D eigenvalue weighted by Crippen LogP contribution is 2.22. The number of anilines is 1. The second-order valence-corrected chi connectivity index (χ2v) is 9.81. The number of nitrogens with zero attached hydrogens (tertiary/aromatic N) is 1. The SMILES string of the molecule is CC(C)(C)c1ccc(CNC(=O)Nc2cccc(CCN(C(=O)O)C(C)(C)C)c2)cc1. The molecular weight excluding hydrogens is 390 g/mol. The van der Waals surface area contributed by atoms with Crippen LogP contribution in [0.25, 0.3) is 0 Å². The summed E-state index contributed by atoms with van der Waals surface area (Å²) in [6, 6.07) is 15.5. The molecule has 2 aromatic carbocycles. The van der Waals surface area contributed by atoms with E-state index in [1.165, 1.54) is 10.5 Å². The first-order valence-electron chi connectivity index (χ1n) is 10.6. The van der Waals surface area contributed by atoms with E-state index in [1.807, 2.05) is 57.2 Å². The number of nitrogens with one attached hydrogen (secondary N) is 2. The normalized spacial score (nSPS) is 11.7. The smallest absolute Gasteiger partial charge is 0.407 e. The van der Waals surface area contributed by atoms with E-state index in [1.54, 1.807) is 0 Å². The largest absolute Gasteiger partial charge is 0.465 e. The molecule has 0 aromatic heterocycles. The summed E-state index contributed by atoms with van der Waals surface area (Å²) in [5.74, 6) is 0. The quantitative estimate of drug-likeness (QED) is 0.561. The third-order valence-corrected chi connectivity index (χ3v) is 5.12. The molecule has 0 heterocycles. The molecule has 0 saturated heterocycles. The maximum atomic E-state index is 12.3.